The van der Waals surface area contributed by atoms with E-state index in [1.54, 1.807) is 0 Å². The lowest BCUT2D eigenvalue weighted by atomic mass is 9.40. The van der Waals surface area contributed by atoms with Crippen molar-refractivity contribution in [3.05, 3.63) is 0 Å². The summed E-state index contributed by atoms with van der Waals surface area (Å²) in [6, 6.07) is 0. The molecule has 3 aliphatic rings. The number of aliphatic hydroxyl groups is 1. The number of rotatable bonds is 0. The van der Waals surface area contributed by atoms with E-state index in [1.807, 2.05) is 6.92 Å². The third kappa shape index (κ3) is 0.876. The first-order valence-electron chi connectivity index (χ1n) is 5.08. The van der Waals surface area contributed by atoms with Crippen LogP contribution in [0, 0.1) is 35.0 Å². The summed E-state index contributed by atoms with van der Waals surface area (Å²) in [5.41, 5.74) is 0.0681. The van der Waals surface area contributed by atoms with Crippen LogP contribution in [0.3, 0.4) is 0 Å². The Kier molecular flexibility index (Phi) is 1.61. The van der Waals surface area contributed by atoms with Crippen LogP contribution in [-0.2, 0) is 0 Å². The monoisotopic (exact) mass is 178 g/mol. The summed E-state index contributed by atoms with van der Waals surface area (Å²) in [5, 5.41) is 9.92. The minimum atomic E-state index is -0.283. The van der Waals surface area contributed by atoms with Gasteiger partial charge in [-0.25, -0.2) is 0 Å². The van der Waals surface area contributed by atoms with E-state index in [-0.39, 0.29) is 11.5 Å². The second-order valence-corrected chi connectivity index (χ2v) is 5.49. The largest absolute Gasteiger partial charge is 0.392 e. The van der Waals surface area contributed by atoms with Crippen LogP contribution in [0.25, 0.3) is 0 Å². The first kappa shape index (κ1) is 9.09. The van der Waals surface area contributed by atoms with Crippen molar-refractivity contribution in [2.24, 2.45) is 22.7 Å². The van der Waals surface area contributed by atoms with Crippen molar-refractivity contribution in [2.75, 3.05) is 0 Å². The molecule has 72 valence electrons. The molecule has 1 nitrogen and oxygen atoms in total. The van der Waals surface area contributed by atoms with Gasteiger partial charge < -0.3 is 5.11 Å². The molecule has 0 saturated heterocycles. The average Bonchev–Trinajstić information content (AvgIpc) is 2.08. The molecule has 1 N–H and O–H groups in total. The number of fused-ring (bicyclic) bond motifs is 2. The predicted octanol–water partition coefficient (Wildman–Crippen LogP) is 2.05. The molecule has 0 spiro atoms. The Morgan fingerprint density at radius 2 is 1.92 bits per heavy atom. The highest BCUT2D eigenvalue weighted by Gasteiger charge is 2.62. The molecule has 0 amide bonds. The molecule has 4 atom stereocenters. The lowest BCUT2D eigenvalue weighted by Crippen LogP contribution is -2.62. The van der Waals surface area contributed by atoms with Crippen LogP contribution in [0.2, 0.25) is 0 Å². The number of aliphatic hydroxyl groups excluding tert-OH is 1. The summed E-state index contributed by atoms with van der Waals surface area (Å²) in [6.45, 7) is 6.61. The van der Waals surface area contributed by atoms with E-state index < -0.39 is 0 Å². The van der Waals surface area contributed by atoms with Crippen LogP contribution in [0.5, 0.6) is 0 Å². The van der Waals surface area contributed by atoms with Gasteiger partial charge in [0.05, 0.1) is 11.5 Å². The van der Waals surface area contributed by atoms with Gasteiger partial charge in [-0.2, -0.15) is 0 Å². The Balaban J connectivity index is 2.34. The van der Waals surface area contributed by atoms with Gasteiger partial charge in [-0.05, 0) is 37.0 Å². The normalized spacial score (nSPS) is 52.1. The third-order valence-electron chi connectivity index (χ3n) is 4.71. The predicted molar refractivity (Wildman–Crippen MR) is 52.9 cm³/mol. The maximum absolute atomic E-state index is 9.92. The van der Waals surface area contributed by atoms with E-state index in [0.717, 1.165) is 6.42 Å². The zero-order valence-electron chi connectivity index (χ0n) is 8.67. The van der Waals surface area contributed by atoms with Gasteiger partial charge in [0.15, 0.2) is 0 Å². The highest BCUT2D eigenvalue weighted by atomic mass is 16.3. The summed E-state index contributed by atoms with van der Waals surface area (Å²) < 4.78 is 0. The molecule has 0 aromatic carbocycles. The maximum Gasteiger partial charge on any atom is 0.0708 e. The molecule has 13 heavy (non-hydrogen) atoms. The van der Waals surface area contributed by atoms with E-state index in [4.69, 9.17) is 6.42 Å². The molecule has 0 aliphatic heterocycles. The fourth-order valence-corrected chi connectivity index (χ4v) is 3.38. The van der Waals surface area contributed by atoms with Crippen LogP contribution in [-0.4, -0.2) is 11.2 Å². The van der Waals surface area contributed by atoms with Crippen LogP contribution in [0.1, 0.15) is 33.6 Å². The van der Waals surface area contributed by atoms with E-state index in [9.17, 15) is 5.11 Å². The topological polar surface area (TPSA) is 20.2 Å². The highest BCUT2D eigenvalue weighted by Crippen LogP contribution is 2.65. The van der Waals surface area contributed by atoms with Gasteiger partial charge in [-0.15, -0.1) is 6.42 Å². The van der Waals surface area contributed by atoms with Gasteiger partial charge >= 0.3 is 0 Å². The van der Waals surface area contributed by atoms with Crippen molar-refractivity contribution < 1.29 is 5.11 Å². The third-order valence-corrected chi connectivity index (χ3v) is 4.71. The number of hydrogen-bond donors (Lipinski definition) is 1. The second-order valence-electron chi connectivity index (χ2n) is 5.49. The van der Waals surface area contributed by atoms with E-state index >= 15 is 0 Å². The van der Waals surface area contributed by atoms with Gasteiger partial charge in [-0.1, -0.05) is 19.8 Å². The molecule has 3 rings (SSSR count). The first-order chi connectivity index (χ1) is 5.93. The van der Waals surface area contributed by atoms with E-state index in [1.165, 1.54) is 6.42 Å². The minimum absolute atomic E-state index is 0.280. The van der Waals surface area contributed by atoms with Gasteiger partial charge in [0, 0.05) is 0 Å². The van der Waals surface area contributed by atoms with Crippen molar-refractivity contribution >= 4 is 0 Å². The maximum atomic E-state index is 9.92. The quantitative estimate of drug-likeness (QED) is 0.563. The molecule has 3 saturated carbocycles. The standard InChI is InChI=1S/C12H18O/c1-5-12(4)9-6-8(7-10(12)13)11(9,2)3/h1,8-10,13H,6-7H2,2-4H3. The highest BCUT2D eigenvalue weighted by molar-refractivity contribution is 5.21. The fourth-order valence-electron chi connectivity index (χ4n) is 3.38. The lowest BCUT2D eigenvalue weighted by molar-refractivity contribution is -0.183. The molecule has 4 unspecified atom stereocenters. The zero-order chi connectivity index (χ0) is 9.85. The second kappa shape index (κ2) is 2.30. The molecule has 0 aromatic rings. The molecule has 0 aromatic heterocycles. The smallest absolute Gasteiger partial charge is 0.0708 e. The van der Waals surface area contributed by atoms with Crippen LogP contribution < -0.4 is 0 Å². The first-order valence-corrected chi connectivity index (χ1v) is 5.08. The van der Waals surface area contributed by atoms with Gasteiger partial charge in [0.2, 0.25) is 0 Å². The van der Waals surface area contributed by atoms with Crippen molar-refractivity contribution in [2.45, 2.75) is 39.7 Å². The van der Waals surface area contributed by atoms with Gasteiger partial charge in [-0.3, -0.25) is 0 Å². The fraction of sp³-hybridized carbons (Fsp3) is 0.833. The molecule has 1 heteroatoms. The van der Waals surface area contributed by atoms with Crippen molar-refractivity contribution in [3.8, 4) is 12.3 Å². The Bertz CT molecular complexity index is 273. The minimum Gasteiger partial charge on any atom is -0.392 e. The summed E-state index contributed by atoms with van der Waals surface area (Å²) >= 11 is 0. The summed E-state index contributed by atoms with van der Waals surface area (Å²) in [4.78, 5) is 0. The molecule has 0 heterocycles. The molecule has 3 fully saturated rings. The summed E-state index contributed by atoms with van der Waals surface area (Å²) in [6.07, 6.45) is 7.38. The summed E-state index contributed by atoms with van der Waals surface area (Å²) in [7, 11) is 0. The van der Waals surface area contributed by atoms with Crippen LogP contribution >= 0.6 is 0 Å². The van der Waals surface area contributed by atoms with Crippen molar-refractivity contribution in [1.29, 1.82) is 0 Å². The Labute approximate surface area is 80.5 Å². The van der Waals surface area contributed by atoms with Crippen LogP contribution in [0.4, 0.5) is 0 Å². The van der Waals surface area contributed by atoms with Crippen molar-refractivity contribution in [3.63, 3.8) is 0 Å². The Hall–Kier alpha value is -0.480. The van der Waals surface area contributed by atoms with Crippen molar-refractivity contribution in [1.82, 2.24) is 0 Å². The van der Waals surface area contributed by atoms with Gasteiger partial charge in [0.1, 0.15) is 0 Å². The Morgan fingerprint density at radius 1 is 1.31 bits per heavy atom. The summed E-state index contributed by atoms with van der Waals surface area (Å²) in [5.74, 6) is 4.02. The molecule has 2 bridgehead atoms. The SMILES string of the molecule is C#CC1(C)C(O)CC2CC1C2(C)C. The molecular formula is C12H18O. The number of hydrogen-bond acceptors (Lipinski definition) is 1. The molecule has 3 aliphatic carbocycles. The van der Waals surface area contributed by atoms with Gasteiger partial charge in [0.25, 0.3) is 0 Å². The zero-order valence-corrected chi connectivity index (χ0v) is 8.67. The lowest BCUT2D eigenvalue weighted by Gasteiger charge is -2.64. The number of terminal acetylenes is 1. The van der Waals surface area contributed by atoms with Crippen LogP contribution in [0.15, 0.2) is 0 Å². The molecule has 0 radical (unpaired) electrons. The van der Waals surface area contributed by atoms with E-state index in [2.05, 4.69) is 19.8 Å². The average molecular weight is 178 g/mol. The molecular weight excluding hydrogens is 160 g/mol. The Morgan fingerprint density at radius 3 is 2.31 bits per heavy atom. The van der Waals surface area contributed by atoms with E-state index in [0.29, 0.717) is 17.3 Å².